The highest BCUT2D eigenvalue weighted by Gasteiger charge is 2.13. The normalized spacial score (nSPS) is 10.5. The second-order valence-electron chi connectivity index (χ2n) is 2.94. The molecule has 0 N–H and O–H groups in total. The van der Waals surface area contributed by atoms with Crippen LogP contribution in [0.2, 0.25) is 0 Å². The number of rotatable bonds is 6. The highest BCUT2D eigenvalue weighted by molar-refractivity contribution is 7.18. The van der Waals surface area contributed by atoms with Crippen LogP contribution >= 0.6 is 9.24 Å². The molecule has 0 fully saturated rings. The number of carbonyl (C=O) groups excluding carboxylic acids is 1. The van der Waals surface area contributed by atoms with Crippen LogP contribution in [-0.2, 0) is 4.79 Å². The minimum Gasteiger partial charge on any atom is -0.299 e. The summed E-state index contributed by atoms with van der Waals surface area (Å²) < 4.78 is 0. The molecule has 0 bridgehead atoms. The summed E-state index contributed by atoms with van der Waals surface area (Å²) in [4.78, 5) is 11.3. The average Bonchev–Trinajstić information content (AvgIpc) is 2.03. The van der Waals surface area contributed by atoms with Crippen LogP contribution in [0, 0.1) is 5.92 Å². The topological polar surface area (TPSA) is 17.1 Å². The first-order chi connectivity index (χ1) is 5.26. The highest BCUT2D eigenvalue weighted by atomic mass is 31.0. The average molecular weight is 174 g/mol. The van der Waals surface area contributed by atoms with E-state index in [0.29, 0.717) is 17.9 Å². The highest BCUT2D eigenvalue weighted by Crippen LogP contribution is 2.15. The molecule has 0 rings (SSSR count). The lowest BCUT2D eigenvalue weighted by molar-refractivity contribution is -0.120. The summed E-state index contributed by atoms with van der Waals surface area (Å²) in [5.41, 5.74) is 0. The summed E-state index contributed by atoms with van der Waals surface area (Å²) in [6, 6.07) is 0. The fourth-order valence-corrected chi connectivity index (χ4v) is 1.66. The van der Waals surface area contributed by atoms with Crippen molar-refractivity contribution in [3.8, 4) is 0 Å². The molecule has 0 aromatic heterocycles. The van der Waals surface area contributed by atoms with Gasteiger partial charge in [0, 0.05) is 12.1 Å². The van der Waals surface area contributed by atoms with Gasteiger partial charge in [-0.05, 0) is 12.8 Å². The van der Waals surface area contributed by atoms with Crippen LogP contribution in [0.25, 0.3) is 0 Å². The van der Waals surface area contributed by atoms with Gasteiger partial charge < -0.3 is 0 Å². The number of Topliss-reactive ketones (excluding diaryl/α,β-unsaturated/α-hetero) is 1. The lowest BCUT2D eigenvalue weighted by Crippen LogP contribution is -2.15. The summed E-state index contributed by atoms with van der Waals surface area (Å²) in [6.45, 7) is 4.28. The zero-order valence-electron chi connectivity index (χ0n) is 7.60. The van der Waals surface area contributed by atoms with Crippen LogP contribution < -0.4 is 0 Å². The molecular weight excluding hydrogens is 155 g/mol. The maximum atomic E-state index is 11.3. The zero-order chi connectivity index (χ0) is 8.69. The maximum Gasteiger partial charge on any atom is 0.139 e. The molecule has 11 heavy (non-hydrogen) atoms. The van der Waals surface area contributed by atoms with Crippen molar-refractivity contribution in [1.82, 2.24) is 0 Å². The summed E-state index contributed by atoms with van der Waals surface area (Å²) >= 11 is 0. The molecule has 0 aliphatic carbocycles. The zero-order valence-corrected chi connectivity index (χ0v) is 8.75. The van der Waals surface area contributed by atoms with Gasteiger partial charge in [0.25, 0.3) is 0 Å². The molecule has 0 spiro atoms. The van der Waals surface area contributed by atoms with E-state index in [-0.39, 0.29) is 0 Å². The van der Waals surface area contributed by atoms with Crippen molar-refractivity contribution < 1.29 is 4.79 Å². The second kappa shape index (κ2) is 6.79. The third kappa shape index (κ3) is 4.53. The summed E-state index contributed by atoms with van der Waals surface area (Å²) in [6.07, 6.45) is 5.02. The molecule has 0 saturated heterocycles. The largest absolute Gasteiger partial charge is 0.299 e. The third-order valence-electron chi connectivity index (χ3n) is 1.93. The molecular formula is C9H19OP. The predicted octanol–water partition coefficient (Wildman–Crippen LogP) is 2.65. The molecule has 0 aliphatic heterocycles. The Morgan fingerprint density at radius 1 is 1.27 bits per heavy atom. The predicted molar refractivity (Wildman–Crippen MR) is 52.9 cm³/mol. The van der Waals surface area contributed by atoms with Crippen LogP contribution in [0.4, 0.5) is 0 Å². The van der Waals surface area contributed by atoms with Gasteiger partial charge in [-0.15, -0.1) is 9.24 Å². The molecule has 0 saturated carbocycles. The van der Waals surface area contributed by atoms with E-state index in [2.05, 4.69) is 23.1 Å². The first-order valence-electron chi connectivity index (χ1n) is 4.49. The summed E-state index contributed by atoms with van der Waals surface area (Å²) in [5.74, 6) is 0.751. The minimum atomic E-state index is 0.336. The van der Waals surface area contributed by atoms with Gasteiger partial charge in [0.05, 0.1) is 0 Å². The molecule has 1 unspecified atom stereocenters. The third-order valence-corrected chi connectivity index (χ3v) is 2.33. The molecule has 0 aromatic rings. The van der Waals surface area contributed by atoms with Gasteiger partial charge in [0.1, 0.15) is 5.78 Å². The number of carbonyl (C=O) groups is 1. The monoisotopic (exact) mass is 174 g/mol. The van der Waals surface area contributed by atoms with Crippen molar-refractivity contribution >= 4 is 15.0 Å². The smallest absolute Gasteiger partial charge is 0.139 e. The van der Waals surface area contributed by atoms with Gasteiger partial charge in [0.15, 0.2) is 0 Å². The Morgan fingerprint density at radius 2 is 1.73 bits per heavy atom. The Morgan fingerprint density at radius 3 is 2.00 bits per heavy atom. The SMILES string of the molecule is CCCC(CCC)C(=O)CP. The fourth-order valence-electron chi connectivity index (χ4n) is 1.33. The Kier molecular flexibility index (Phi) is 6.85. The van der Waals surface area contributed by atoms with E-state index in [1.165, 1.54) is 0 Å². The van der Waals surface area contributed by atoms with Gasteiger partial charge in [-0.2, -0.15) is 0 Å². The number of ketones is 1. The molecule has 66 valence electrons. The van der Waals surface area contributed by atoms with Crippen molar-refractivity contribution in [3.63, 3.8) is 0 Å². The minimum absolute atomic E-state index is 0.336. The van der Waals surface area contributed by atoms with Gasteiger partial charge in [-0.1, -0.05) is 26.7 Å². The molecule has 0 radical (unpaired) electrons. The van der Waals surface area contributed by atoms with Crippen LogP contribution in [0.15, 0.2) is 0 Å². The molecule has 1 atom stereocenters. The van der Waals surface area contributed by atoms with E-state index in [0.717, 1.165) is 25.7 Å². The maximum absolute atomic E-state index is 11.3. The van der Waals surface area contributed by atoms with Crippen LogP contribution in [0.5, 0.6) is 0 Å². The van der Waals surface area contributed by atoms with E-state index in [1.54, 1.807) is 0 Å². The van der Waals surface area contributed by atoms with Gasteiger partial charge in [-0.3, -0.25) is 4.79 Å². The van der Waals surface area contributed by atoms with E-state index < -0.39 is 0 Å². The second-order valence-corrected chi connectivity index (χ2v) is 3.35. The molecule has 0 heterocycles. The van der Waals surface area contributed by atoms with E-state index >= 15 is 0 Å². The van der Waals surface area contributed by atoms with Crippen molar-refractivity contribution in [2.75, 3.05) is 6.16 Å². The molecule has 1 nitrogen and oxygen atoms in total. The first-order valence-corrected chi connectivity index (χ1v) is 5.30. The van der Waals surface area contributed by atoms with Gasteiger partial charge in [0.2, 0.25) is 0 Å². The lowest BCUT2D eigenvalue weighted by Gasteiger charge is -2.11. The van der Waals surface area contributed by atoms with Crippen molar-refractivity contribution in [1.29, 1.82) is 0 Å². The molecule has 0 aliphatic rings. The number of hydrogen-bond acceptors (Lipinski definition) is 1. The Hall–Kier alpha value is 0.100. The molecule has 0 aromatic carbocycles. The Labute approximate surface area is 72.2 Å². The van der Waals surface area contributed by atoms with Crippen LogP contribution in [0.1, 0.15) is 39.5 Å². The summed E-state index contributed by atoms with van der Waals surface area (Å²) in [7, 11) is 2.51. The Balaban J connectivity index is 3.76. The first kappa shape index (κ1) is 11.1. The quantitative estimate of drug-likeness (QED) is 0.566. The van der Waals surface area contributed by atoms with Crippen molar-refractivity contribution in [3.05, 3.63) is 0 Å². The number of hydrogen-bond donors (Lipinski definition) is 0. The Bertz CT molecular complexity index is 106. The molecule has 2 heteroatoms. The van der Waals surface area contributed by atoms with Crippen molar-refractivity contribution in [2.24, 2.45) is 5.92 Å². The fraction of sp³-hybridized carbons (Fsp3) is 0.889. The van der Waals surface area contributed by atoms with E-state index in [9.17, 15) is 4.79 Å². The molecule has 0 amide bonds. The van der Waals surface area contributed by atoms with Gasteiger partial charge >= 0.3 is 0 Å². The van der Waals surface area contributed by atoms with E-state index in [1.807, 2.05) is 0 Å². The van der Waals surface area contributed by atoms with Crippen LogP contribution in [-0.4, -0.2) is 11.9 Å². The van der Waals surface area contributed by atoms with Gasteiger partial charge in [-0.25, -0.2) is 0 Å². The standard InChI is InChI=1S/C9H19OP/c1-3-5-8(6-4-2)9(10)7-11/h8H,3-7,11H2,1-2H3. The lowest BCUT2D eigenvalue weighted by atomic mass is 9.95. The van der Waals surface area contributed by atoms with Crippen LogP contribution in [0.3, 0.4) is 0 Å². The summed E-state index contributed by atoms with van der Waals surface area (Å²) in [5, 5.41) is 0. The van der Waals surface area contributed by atoms with E-state index in [4.69, 9.17) is 0 Å². The van der Waals surface area contributed by atoms with Crippen molar-refractivity contribution in [2.45, 2.75) is 39.5 Å².